The Bertz CT molecular complexity index is 1160. The monoisotopic (exact) mass is 448 g/mol. The molecule has 9 heteroatoms. The number of H-pyrrole nitrogens is 1. The lowest BCUT2D eigenvalue weighted by Gasteiger charge is -2.39. The molecule has 0 spiro atoms. The molecule has 1 aromatic carbocycles. The number of likely N-dealkylation sites (tertiary alicyclic amines) is 1. The van der Waals surface area contributed by atoms with Crippen LogP contribution in [0.3, 0.4) is 0 Å². The predicted octanol–water partition coefficient (Wildman–Crippen LogP) is 3.04. The van der Waals surface area contributed by atoms with E-state index in [1.807, 2.05) is 29.3 Å². The quantitative estimate of drug-likeness (QED) is 0.659. The molecular formula is C24H28N6O3. The molecule has 1 unspecified atom stereocenters. The summed E-state index contributed by atoms with van der Waals surface area (Å²) < 4.78 is 5.66. The van der Waals surface area contributed by atoms with E-state index >= 15 is 0 Å². The number of anilines is 1. The van der Waals surface area contributed by atoms with Crippen LogP contribution in [-0.2, 0) is 11.3 Å². The highest BCUT2D eigenvalue weighted by Gasteiger charge is 2.43. The summed E-state index contributed by atoms with van der Waals surface area (Å²) in [5, 5.41) is 1.01. The molecule has 0 aliphatic carbocycles. The molecule has 0 radical (unpaired) electrons. The van der Waals surface area contributed by atoms with Crippen LogP contribution in [0.15, 0.2) is 42.9 Å². The van der Waals surface area contributed by atoms with Crippen molar-refractivity contribution in [1.29, 1.82) is 0 Å². The molecule has 172 valence electrons. The largest absolute Gasteiger partial charge is 0.445 e. The highest BCUT2D eigenvalue weighted by Crippen LogP contribution is 2.36. The van der Waals surface area contributed by atoms with Crippen LogP contribution in [0.4, 0.5) is 10.6 Å². The van der Waals surface area contributed by atoms with Crippen molar-refractivity contribution in [2.75, 3.05) is 32.1 Å². The van der Waals surface area contributed by atoms with Gasteiger partial charge >= 0.3 is 6.09 Å². The van der Waals surface area contributed by atoms with Crippen molar-refractivity contribution in [3.05, 3.63) is 54.0 Å². The fourth-order valence-electron chi connectivity index (χ4n) is 4.99. The SMILES string of the molecule is CN(C)C(=O)c1ccc(COC(=O)N2CCC[C@@H]3C2CCN3c2ncnc3[nH]ccc23)cc1. The van der Waals surface area contributed by atoms with Crippen LogP contribution in [0, 0.1) is 0 Å². The van der Waals surface area contributed by atoms with Gasteiger partial charge in [0.05, 0.1) is 17.5 Å². The van der Waals surface area contributed by atoms with Gasteiger partial charge in [0, 0.05) is 38.9 Å². The maximum atomic E-state index is 13.0. The average Bonchev–Trinajstić information content (AvgIpc) is 3.49. The van der Waals surface area contributed by atoms with Crippen molar-refractivity contribution < 1.29 is 14.3 Å². The molecule has 0 bridgehead atoms. The van der Waals surface area contributed by atoms with Gasteiger partial charge < -0.3 is 24.4 Å². The number of ether oxygens (including phenoxy) is 1. The molecule has 33 heavy (non-hydrogen) atoms. The first-order valence-corrected chi connectivity index (χ1v) is 11.3. The number of amides is 2. The lowest BCUT2D eigenvalue weighted by atomic mass is 9.97. The normalized spacial score (nSPS) is 20.1. The summed E-state index contributed by atoms with van der Waals surface area (Å²) in [5.41, 5.74) is 2.30. The summed E-state index contributed by atoms with van der Waals surface area (Å²) in [4.78, 5) is 42.8. The first-order valence-electron chi connectivity index (χ1n) is 11.3. The number of carbonyl (C=O) groups is 2. The van der Waals surface area contributed by atoms with E-state index in [9.17, 15) is 9.59 Å². The summed E-state index contributed by atoms with van der Waals surface area (Å²) in [6, 6.07) is 9.52. The molecule has 5 rings (SSSR count). The molecule has 2 aromatic heterocycles. The zero-order valence-corrected chi connectivity index (χ0v) is 18.9. The van der Waals surface area contributed by atoms with Gasteiger partial charge in [-0.25, -0.2) is 14.8 Å². The third-order valence-electron chi connectivity index (χ3n) is 6.62. The molecule has 2 fully saturated rings. The fourth-order valence-corrected chi connectivity index (χ4v) is 4.99. The number of nitrogens with zero attached hydrogens (tertiary/aromatic N) is 5. The van der Waals surface area contributed by atoms with Gasteiger partial charge in [-0.3, -0.25) is 4.79 Å². The number of nitrogens with one attached hydrogen (secondary N) is 1. The Morgan fingerprint density at radius 3 is 2.70 bits per heavy atom. The van der Waals surface area contributed by atoms with Crippen LogP contribution < -0.4 is 4.90 Å². The van der Waals surface area contributed by atoms with E-state index in [-0.39, 0.29) is 30.7 Å². The second-order valence-corrected chi connectivity index (χ2v) is 8.84. The van der Waals surface area contributed by atoms with Crippen molar-refractivity contribution in [3.8, 4) is 0 Å². The summed E-state index contributed by atoms with van der Waals surface area (Å²) in [5.74, 6) is 0.876. The standard InChI is InChI=1S/C24H28N6O3/c1-28(2)23(31)17-7-5-16(6-8-17)14-33-24(32)30-12-3-4-19-20(30)10-13-29(19)22-18-9-11-25-21(18)26-15-27-22/h5-9,11,15,19-20H,3-4,10,12-14H2,1-2H3,(H,25,26,27)/t19-,20?/m1/s1. The zero-order valence-electron chi connectivity index (χ0n) is 18.9. The maximum Gasteiger partial charge on any atom is 0.410 e. The Labute approximate surface area is 192 Å². The predicted molar refractivity (Wildman–Crippen MR) is 124 cm³/mol. The van der Waals surface area contributed by atoms with Crippen LogP contribution in [-0.4, -0.2) is 76.0 Å². The number of hydrogen-bond acceptors (Lipinski definition) is 6. The van der Waals surface area contributed by atoms with Crippen molar-refractivity contribution in [2.45, 2.75) is 38.0 Å². The average molecular weight is 449 g/mol. The van der Waals surface area contributed by atoms with Crippen molar-refractivity contribution in [3.63, 3.8) is 0 Å². The van der Waals surface area contributed by atoms with Gasteiger partial charge in [0.2, 0.25) is 0 Å². The minimum absolute atomic E-state index is 0.0516. The van der Waals surface area contributed by atoms with E-state index in [4.69, 9.17) is 4.74 Å². The molecule has 9 nitrogen and oxygen atoms in total. The molecule has 2 aliphatic rings. The Morgan fingerprint density at radius 2 is 1.91 bits per heavy atom. The fraction of sp³-hybridized carbons (Fsp3) is 0.417. The van der Waals surface area contributed by atoms with Crippen molar-refractivity contribution in [1.82, 2.24) is 24.8 Å². The highest BCUT2D eigenvalue weighted by atomic mass is 16.6. The second kappa shape index (κ2) is 8.73. The summed E-state index contributed by atoms with van der Waals surface area (Å²) in [6.45, 7) is 1.73. The molecule has 0 saturated carbocycles. The van der Waals surface area contributed by atoms with E-state index < -0.39 is 0 Å². The number of aromatic nitrogens is 3. The second-order valence-electron chi connectivity index (χ2n) is 8.84. The third kappa shape index (κ3) is 3.99. The molecule has 2 atom stereocenters. The third-order valence-corrected chi connectivity index (χ3v) is 6.62. The van der Waals surface area contributed by atoms with Gasteiger partial charge in [-0.15, -0.1) is 0 Å². The lowest BCUT2D eigenvalue weighted by molar-refractivity contribution is 0.0672. The van der Waals surface area contributed by atoms with E-state index in [1.54, 1.807) is 32.6 Å². The van der Waals surface area contributed by atoms with E-state index in [1.165, 1.54) is 4.90 Å². The first-order chi connectivity index (χ1) is 16.0. The zero-order chi connectivity index (χ0) is 22.9. The number of piperidine rings is 1. The van der Waals surface area contributed by atoms with Gasteiger partial charge in [-0.2, -0.15) is 0 Å². The minimum atomic E-state index is -0.283. The molecule has 1 N–H and O–H groups in total. The maximum absolute atomic E-state index is 13.0. The molecule has 2 aliphatic heterocycles. The van der Waals surface area contributed by atoms with Crippen LogP contribution in [0.25, 0.3) is 11.0 Å². The highest BCUT2D eigenvalue weighted by molar-refractivity contribution is 5.93. The molecule has 2 amide bonds. The van der Waals surface area contributed by atoms with E-state index in [0.29, 0.717) is 12.1 Å². The molecule has 4 heterocycles. The molecular weight excluding hydrogens is 420 g/mol. The van der Waals surface area contributed by atoms with Gasteiger partial charge in [0.25, 0.3) is 5.91 Å². The van der Waals surface area contributed by atoms with Crippen LogP contribution in [0.5, 0.6) is 0 Å². The molecule has 3 aromatic rings. The van der Waals surface area contributed by atoms with Crippen LogP contribution in [0.1, 0.15) is 35.2 Å². The summed E-state index contributed by atoms with van der Waals surface area (Å²) >= 11 is 0. The number of fused-ring (bicyclic) bond motifs is 2. The minimum Gasteiger partial charge on any atom is -0.445 e. The van der Waals surface area contributed by atoms with Crippen molar-refractivity contribution in [2.24, 2.45) is 0 Å². The van der Waals surface area contributed by atoms with Gasteiger partial charge in [-0.1, -0.05) is 12.1 Å². The topological polar surface area (TPSA) is 94.7 Å². The Hall–Kier alpha value is -3.62. The Morgan fingerprint density at radius 1 is 1.09 bits per heavy atom. The van der Waals surface area contributed by atoms with Crippen LogP contribution >= 0.6 is 0 Å². The number of carbonyl (C=O) groups excluding carboxylic acids is 2. The Kier molecular flexibility index (Phi) is 5.62. The van der Waals surface area contributed by atoms with Gasteiger partial charge in [0.1, 0.15) is 24.4 Å². The lowest BCUT2D eigenvalue weighted by Crippen LogP contribution is -2.52. The number of aromatic amines is 1. The summed E-state index contributed by atoms with van der Waals surface area (Å²) in [6.07, 6.45) is 6.02. The number of benzene rings is 1. The number of rotatable bonds is 4. The van der Waals surface area contributed by atoms with E-state index in [0.717, 1.165) is 48.2 Å². The number of hydrogen-bond donors (Lipinski definition) is 1. The van der Waals surface area contributed by atoms with Gasteiger partial charge in [0.15, 0.2) is 0 Å². The molecule has 2 saturated heterocycles. The van der Waals surface area contributed by atoms with Gasteiger partial charge in [-0.05, 0) is 43.0 Å². The smallest absolute Gasteiger partial charge is 0.410 e. The summed E-state index contributed by atoms with van der Waals surface area (Å²) in [7, 11) is 3.44. The van der Waals surface area contributed by atoms with E-state index in [2.05, 4.69) is 19.9 Å². The van der Waals surface area contributed by atoms with Crippen LogP contribution in [0.2, 0.25) is 0 Å². The Balaban J connectivity index is 1.25. The first kappa shape index (κ1) is 21.2. The van der Waals surface area contributed by atoms with Crippen molar-refractivity contribution >= 4 is 28.9 Å².